The third-order valence-electron chi connectivity index (χ3n) is 1.61. The molecular weight excluding hydrogens is 136 g/mol. The van der Waals surface area contributed by atoms with Gasteiger partial charge in [0, 0.05) is 11.9 Å². The first-order chi connectivity index (χ1) is 5.43. The third kappa shape index (κ3) is 3.14. The molecule has 11 heavy (non-hydrogen) atoms. The monoisotopic (exact) mass is 150 g/mol. The molecule has 0 atom stereocenters. The van der Waals surface area contributed by atoms with Gasteiger partial charge in [0.15, 0.2) is 0 Å². The van der Waals surface area contributed by atoms with E-state index in [0.29, 0.717) is 0 Å². The zero-order chi connectivity index (χ0) is 7.94. The second-order valence-corrected chi connectivity index (χ2v) is 2.57. The molecule has 0 fully saturated rings. The first-order valence-corrected chi connectivity index (χ1v) is 4.03. The van der Waals surface area contributed by atoms with Gasteiger partial charge in [0.2, 0.25) is 0 Å². The van der Waals surface area contributed by atoms with E-state index in [4.69, 9.17) is 5.73 Å². The fourth-order valence-electron chi connectivity index (χ4n) is 0.996. The Hall–Kier alpha value is -0.890. The molecule has 1 heterocycles. The zero-order valence-corrected chi connectivity index (χ0v) is 6.66. The maximum atomic E-state index is 5.37. The molecule has 0 aliphatic carbocycles. The lowest BCUT2D eigenvalue weighted by atomic mass is 10.2. The summed E-state index contributed by atoms with van der Waals surface area (Å²) in [4.78, 5) is 4.21. The Morgan fingerprint density at radius 3 is 2.82 bits per heavy atom. The van der Waals surface area contributed by atoms with E-state index in [0.717, 1.165) is 25.8 Å². The quantitative estimate of drug-likeness (QED) is 0.658. The molecule has 1 rings (SSSR count). The predicted octanol–water partition coefficient (Wildman–Crippen LogP) is 1.36. The molecule has 2 N–H and O–H groups in total. The lowest BCUT2D eigenvalue weighted by Gasteiger charge is -1.97. The number of nitrogens with two attached hydrogens (primary N) is 1. The van der Waals surface area contributed by atoms with Crippen LogP contribution in [-0.2, 0) is 6.42 Å². The Labute approximate surface area is 67.5 Å². The fraction of sp³-hybridized carbons (Fsp3) is 0.444. The van der Waals surface area contributed by atoms with E-state index in [1.807, 2.05) is 18.3 Å². The minimum atomic E-state index is 0.785. The lowest BCUT2D eigenvalue weighted by Crippen LogP contribution is -1.99. The lowest BCUT2D eigenvalue weighted by molar-refractivity contribution is 0.732. The van der Waals surface area contributed by atoms with Crippen LogP contribution in [0.3, 0.4) is 0 Å². The van der Waals surface area contributed by atoms with Gasteiger partial charge in [-0.1, -0.05) is 6.07 Å². The molecule has 0 saturated carbocycles. The molecule has 0 bridgehead atoms. The SMILES string of the molecule is NCCCCc1ccccn1. The van der Waals surface area contributed by atoms with Gasteiger partial charge in [0.1, 0.15) is 0 Å². The number of pyridine rings is 1. The van der Waals surface area contributed by atoms with Crippen LogP contribution in [0.25, 0.3) is 0 Å². The Kier molecular flexibility index (Phi) is 3.62. The van der Waals surface area contributed by atoms with Crippen LogP contribution < -0.4 is 5.73 Å². The minimum Gasteiger partial charge on any atom is -0.330 e. The van der Waals surface area contributed by atoms with Crippen molar-refractivity contribution < 1.29 is 0 Å². The molecule has 0 radical (unpaired) electrons. The molecule has 0 amide bonds. The minimum absolute atomic E-state index is 0.785. The van der Waals surface area contributed by atoms with Crippen molar-refractivity contribution in [1.82, 2.24) is 4.98 Å². The second-order valence-electron chi connectivity index (χ2n) is 2.57. The van der Waals surface area contributed by atoms with Crippen molar-refractivity contribution in [1.29, 1.82) is 0 Å². The van der Waals surface area contributed by atoms with Crippen molar-refractivity contribution in [3.8, 4) is 0 Å². The molecule has 1 aromatic heterocycles. The summed E-state index contributed by atoms with van der Waals surface area (Å²) in [5.41, 5.74) is 6.54. The van der Waals surface area contributed by atoms with Gasteiger partial charge < -0.3 is 5.73 Å². The number of rotatable bonds is 4. The van der Waals surface area contributed by atoms with Gasteiger partial charge in [-0.2, -0.15) is 0 Å². The Morgan fingerprint density at radius 1 is 1.27 bits per heavy atom. The molecule has 0 spiro atoms. The number of aryl methyl sites for hydroxylation is 1. The summed E-state index contributed by atoms with van der Waals surface area (Å²) in [6, 6.07) is 6.01. The Balaban J connectivity index is 2.28. The van der Waals surface area contributed by atoms with E-state index in [9.17, 15) is 0 Å². The van der Waals surface area contributed by atoms with E-state index in [2.05, 4.69) is 11.1 Å². The Bertz CT molecular complexity index is 184. The van der Waals surface area contributed by atoms with Crippen LogP contribution in [-0.4, -0.2) is 11.5 Å². The van der Waals surface area contributed by atoms with Gasteiger partial charge in [0.25, 0.3) is 0 Å². The summed E-state index contributed by atoms with van der Waals surface area (Å²) in [6.45, 7) is 0.785. The largest absolute Gasteiger partial charge is 0.330 e. The average Bonchev–Trinajstić information content (AvgIpc) is 2.07. The van der Waals surface area contributed by atoms with Gasteiger partial charge in [-0.3, -0.25) is 4.98 Å². The van der Waals surface area contributed by atoms with Gasteiger partial charge >= 0.3 is 0 Å². The summed E-state index contributed by atoms with van der Waals surface area (Å²) in [5.74, 6) is 0. The van der Waals surface area contributed by atoms with E-state index < -0.39 is 0 Å². The van der Waals surface area contributed by atoms with Crippen molar-refractivity contribution in [3.05, 3.63) is 30.1 Å². The number of unbranched alkanes of at least 4 members (excludes halogenated alkanes) is 1. The summed E-state index contributed by atoms with van der Waals surface area (Å²) in [5, 5.41) is 0. The highest BCUT2D eigenvalue weighted by Crippen LogP contribution is 1.99. The third-order valence-corrected chi connectivity index (χ3v) is 1.61. The van der Waals surface area contributed by atoms with E-state index in [-0.39, 0.29) is 0 Å². The first-order valence-electron chi connectivity index (χ1n) is 4.03. The molecule has 1 aromatic rings. The highest BCUT2D eigenvalue weighted by atomic mass is 14.7. The van der Waals surface area contributed by atoms with Gasteiger partial charge in [0.05, 0.1) is 0 Å². The van der Waals surface area contributed by atoms with Crippen LogP contribution in [0.15, 0.2) is 24.4 Å². The number of hydrogen-bond donors (Lipinski definition) is 1. The summed E-state index contributed by atoms with van der Waals surface area (Å²) < 4.78 is 0. The molecule has 0 aliphatic rings. The maximum Gasteiger partial charge on any atom is 0.0403 e. The second kappa shape index (κ2) is 4.85. The van der Waals surface area contributed by atoms with Crippen LogP contribution in [0.2, 0.25) is 0 Å². The van der Waals surface area contributed by atoms with Gasteiger partial charge in [-0.05, 0) is 37.9 Å². The Morgan fingerprint density at radius 2 is 2.18 bits per heavy atom. The highest BCUT2D eigenvalue weighted by molar-refractivity contribution is 5.03. The molecule has 2 heteroatoms. The summed E-state index contributed by atoms with van der Waals surface area (Å²) in [6.07, 6.45) is 5.12. The summed E-state index contributed by atoms with van der Waals surface area (Å²) >= 11 is 0. The molecule has 60 valence electrons. The summed E-state index contributed by atoms with van der Waals surface area (Å²) in [7, 11) is 0. The molecule has 0 unspecified atom stereocenters. The topological polar surface area (TPSA) is 38.9 Å². The molecule has 2 nitrogen and oxygen atoms in total. The number of hydrogen-bond acceptors (Lipinski definition) is 2. The van der Waals surface area contributed by atoms with E-state index in [1.165, 1.54) is 5.69 Å². The number of nitrogens with zero attached hydrogens (tertiary/aromatic N) is 1. The van der Waals surface area contributed by atoms with Crippen LogP contribution in [0.1, 0.15) is 18.5 Å². The van der Waals surface area contributed by atoms with Gasteiger partial charge in [-0.15, -0.1) is 0 Å². The standard InChI is InChI=1S/C9H14N2/c10-7-3-1-5-9-6-2-4-8-11-9/h2,4,6,8H,1,3,5,7,10H2. The molecular formula is C9H14N2. The van der Waals surface area contributed by atoms with Crippen LogP contribution in [0.4, 0.5) is 0 Å². The average molecular weight is 150 g/mol. The van der Waals surface area contributed by atoms with Gasteiger partial charge in [-0.25, -0.2) is 0 Å². The normalized spacial score (nSPS) is 9.91. The van der Waals surface area contributed by atoms with Crippen LogP contribution in [0, 0.1) is 0 Å². The van der Waals surface area contributed by atoms with Crippen molar-refractivity contribution in [2.75, 3.05) is 6.54 Å². The molecule has 0 aliphatic heterocycles. The number of aromatic nitrogens is 1. The van der Waals surface area contributed by atoms with E-state index >= 15 is 0 Å². The predicted molar refractivity (Wildman–Crippen MR) is 46.2 cm³/mol. The van der Waals surface area contributed by atoms with Crippen molar-refractivity contribution in [2.24, 2.45) is 5.73 Å². The molecule has 0 aromatic carbocycles. The van der Waals surface area contributed by atoms with Crippen molar-refractivity contribution in [2.45, 2.75) is 19.3 Å². The van der Waals surface area contributed by atoms with Crippen molar-refractivity contribution >= 4 is 0 Å². The maximum absolute atomic E-state index is 5.37. The smallest absolute Gasteiger partial charge is 0.0403 e. The van der Waals surface area contributed by atoms with Crippen molar-refractivity contribution in [3.63, 3.8) is 0 Å². The first kappa shape index (κ1) is 8.21. The highest BCUT2D eigenvalue weighted by Gasteiger charge is 1.90. The zero-order valence-electron chi connectivity index (χ0n) is 6.66. The molecule has 0 saturated heterocycles. The van der Waals surface area contributed by atoms with Crippen LogP contribution in [0.5, 0.6) is 0 Å². The van der Waals surface area contributed by atoms with Crippen LogP contribution >= 0.6 is 0 Å². The fourth-order valence-corrected chi connectivity index (χ4v) is 0.996. The van der Waals surface area contributed by atoms with E-state index in [1.54, 1.807) is 0 Å².